The first-order chi connectivity index (χ1) is 10.2. The molecule has 0 saturated carbocycles. The van der Waals surface area contributed by atoms with Gasteiger partial charge < -0.3 is 21.7 Å². The van der Waals surface area contributed by atoms with Gasteiger partial charge in [-0.25, -0.2) is 4.98 Å². The Balaban J connectivity index is 2.09. The van der Waals surface area contributed by atoms with Gasteiger partial charge in [-0.3, -0.25) is 4.99 Å². The predicted molar refractivity (Wildman–Crippen MR) is 86.9 cm³/mol. The fourth-order valence-electron chi connectivity index (χ4n) is 2.08. The van der Waals surface area contributed by atoms with Crippen molar-refractivity contribution in [2.45, 2.75) is 18.9 Å². The molecule has 2 heterocycles. The number of anilines is 2. The Morgan fingerprint density at radius 1 is 1.62 bits per heavy atom. The molecule has 1 aliphatic rings. The SMILES string of the molecule is CN=CC(=CN)Nc1ncc(Cl)c(NC2CCCNC2)n1. The number of aliphatic imine (C=N–C) groups is 1. The summed E-state index contributed by atoms with van der Waals surface area (Å²) in [6.45, 7) is 1.96. The Hall–Kier alpha value is -1.86. The standard InChI is InChI=1S/C13H20ClN7/c1-16-6-10(5-15)20-13-18-8-11(14)12(21-13)19-9-3-2-4-17-7-9/h5-6,8-9,17H,2-4,7,15H2,1H3,(H2,18,19,20,21). The zero-order chi connectivity index (χ0) is 15.1. The van der Waals surface area contributed by atoms with Gasteiger partial charge in [-0.15, -0.1) is 0 Å². The van der Waals surface area contributed by atoms with Crippen LogP contribution < -0.4 is 21.7 Å². The van der Waals surface area contributed by atoms with E-state index in [0.29, 0.717) is 28.5 Å². The van der Waals surface area contributed by atoms with Crippen LogP contribution in [-0.2, 0) is 0 Å². The molecular formula is C13H20ClN7. The van der Waals surface area contributed by atoms with Crippen molar-refractivity contribution in [3.8, 4) is 0 Å². The number of piperidine rings is 1. The molecule has 1 atom stereocenters. The van der Waals surface area contributed by atoms with Crippen molar-refractivity contribution >= 4 is 29.6 Å². The second-order valence-electron chi connectivity index (χ2n) is 4.71. The van der Waals surface area contributed by atoms with Crippen molar-refractivity contribution in [2.24, 2.45) is 10.7 Å². The lowest BCUT2D eigenvalue weighted by molar-refractivity contribution is 0.479. The van der Waals surface area contributed by atoms with E-state index in [0.717, 1.165) is 25.9 Å². The van der Waals surface area contributed by atoms with E-state index in [1.54, 1.807) is 19.5 Å². The highest BCUT2D eigenvalue weighted by Crippen LogP contribution is 2.21. The monoisotopic (exact) mass is 309 g/mol. The third-order valence-corrected chi connectivity index (χ3v) is 3.36. The van der Waals surface area contributed by atoms with Gasteiger partial charge in [-0.2, -0.15) is 4.98 Å². The molecule has 0 bridgehead atoms. The quantitative estimate of drug-likeness (QED) is 0.610. The van der Waals surface area contributed by atoms with E-state index in [-0.39, 0.29) is 0 Å². The third kappa shape index (κ3) is 4.57. The third-order valence-electron chi connectivity index (χ3n) is 3.09. The molecule has 114 valence electrons. The van der Waals surface area contributed by atoms with Crippen molar-refractivity contribution in [3.05, 3.63) is 23.1 Å². The number of allylic oxidation sites excluding steroid dienone is 1. The van der Waals surface area contributed by atoms with Crippen LogP contribution in [0.4, 0.5) is 11.8 Å². The fourth-order valence-corrected chi connectivity index (χ4v) is 2.23. The first-order valence-corrected chi connectivity index (χ1v) is 7.21. The molecule has 5 N–H and O–H groups in total. The van der Waals surface area contributed by atoms with E-state index in [1.165, 1.54) is 6.20 Å². The van der Waals surface area contributed by atoms with Crippen LogP contribution in [0, 0.1) is 0 Å². The van der Waals surface area contributed by atoms with Gasteiger partial charge >= 0.3 is 0 Å². The van der Waals surface area contributed by atoms with E-state index in [2.05, 4.69) is 30.9 Å². The molecular weight excluding hydrogens is 290 g/mol. The van der Waals surface area contributed by atoms with Crippen LogP contribution in [0.5, 0.6) is 0 Å². The smallest absolute Gasteiger partial charge is 0.229 e. The molecule has 1 aliphatic heterocycles. The van der Waals surface area contributed by atoms with Crippen molar-refractivity contribution in [1.82, 2.24) is 15.3 Å². The summed E-state index contributed by atoms with van der Waals surface area (Å²) in [7, 11) is 1.66. The maximum atomic E-state index is 6.15. The minimum atomic E-state index is 0.320. The van der Waals surface area contributed by atoms with Gasteiger partial charge in [0.05, 0.1) is 11.9 Å². The van der Waals surface area contributed by atoms with Crippen LogP contribution >= 0.6 is 11.6 Å². The van der Waals surface area contributed by atoms with Gasteiger partial charge in [0.2, 0.25) is 5.95 Å². The average molecular weight is 310 g/mol. The number of nitrogens with zero attached hydrogens (tertiary/aromatic N) is 3. The summed E-state index contributed by atoms with van der Waals surface area (Å²) < 4.78 is 0. The van der Waals surface area contributed by atoms with Gasteiger partial charge in [0, 0.05) is 32.0 Å². The molecule has 0 radical (unpaired) electrons. The van der Waals surface area contributed by atoms with Crippen molar-refractivity contribution < 1.29 is 0 Å². The Morgan fingerprint density at radius 3 is 3.14 bits per heavy atom. The van der Waals surface area contributed by atoms with E-state index >= 15 is 0 Å². The number of halogens is 1. The van der Waals surface area contributed by atoms with Gasteiger partial charge in [0.25, 0.3) is 0 Å². The highest BCUT2D eigenvalue weighted by atomic mass is 35.5. The number of nitrogens with two attached hydrogens (primary N) is 1. The lowest BCUT2D eigenvalue weighted by Crippen LogP contribution is -2.38. The number of aromatic nitrogens is 2. The zero-order valence-electron chi connectivity index (χ0n) is 11.9. The first kappa shape index (κ1) is 15.5. The van der Waals surface area contributed by atoms with Crippen LogP contribution in [0.3, 0.4) is 0 Å². The largest absolute Gasteiger partial charge is 0.403 e. The molecule has 7 nitrogen and oxygen atoms in total. The molecule has 0 spiro atoms. The van der Waals surface area contributed by atoms with Gasteiger partial charge in [0.15, 0.2) is 5.82 Å². The minimum absolute atomic E-state index is 0.320. The van der Waals surface area contributed by atoms with E-state index in [9.17, 15) is 0 Å². The molecule has 2 rings (SSSR count). The molecule has 1 saturated heterocycles. The first-order valence-electron chi connectivity index (χ1n) is 6.84. The summed E-state index contributed by atoms with van der Waals surface area (Å²) in [4.78, 5) is 12.4. The highest BCUT2D eigenvalue weighted by molar-refractivity contribution is 6.32. The Bertz CT molecular complexity index is 523. The highest BCUT2D eigenvalue weighted by Gasteiger charge is 2.15. The molecule has 21 heavy (non-hydrogen) atoms. The Morgan fingerprint density at radius 2 is 2.48 bits per heavy atom. The van der Waals surface area contributed by atoms with Crippen molar-refractivity contribution in [3.63, 3.8) is 0 Å². The van der Waals surface area contributed by atoms with Crippen molar-refractivity contribution in [2.75, 3.05) is 30.8 Å². The second-order valence-corrected chi connectivity index (χ2v) is 5.12. The van der Waals surface area contributed by atoms with E-state index in [4.69, 9.17) is 17.3 Å². The number of nitrogens with one attached hydrogen (secondary N) is 3. The molecule has 0 aromatic carbocycles. The van der Waals surface area contributed by atoms with Crippen LogP contribution in [-0.4, -0.2) is 42.4 Å². The number of hydrogen-bond donors (Lipinski definition) is 4. The summed E-state index contributed by atoms with van der Waals surface area (Å²) in [6, 6.07) is 0.320. The second kappa shape index (κ2) is 7.80. The molecule has 1 unspecified atom stereocenters. The van der Waals surface area contributed by atoms with Gasteiger partial charge in [-0.05, 0) is 19.4 Å². The predicted octanol–water partition coefficient (Wildman–Crippen LogP) is 1.21. The number of hydrogen-bond acceptors (Lipinski definition) is 7. The topological polar surface area (TPSA) is 100 Å². The zero-order valence-corrected chi connectivity index (χ0v) is 12.7. The van der Waals surface area contributed by atoms with Crippen LogP contribution in [0.15, 0.2) is 23.1 Å². The Kier molecular flexibility index (Phi) is 5.77. The van der Waals surface area contributed by atoms with Crippen LogP contribution in [0.1, 0.15) is 12.8 Å². The average Bonchev–Trinajstić information content (AvgIpc) is 2.51. The minimum Gasteiger partial charge on any atom is -0.403 e. The molecule has 1 fully saturated rings. The summed E-state index contributed by atoms with van der Waals surface area (Å²) >= 11 is 6.15. The summed E-state index contributed by atoms with van der Waals surface area (Å²) in [5.41, 5.74) is 6.12. The fraction of sp³-hybridized carbons (Fsp3) is 0.462. The summed E-state index contributed by atoms with van der Waals surface area (Å²) in [5, 5.41) is 10.2. The van der Waals surface area contributed by atoms with Gasteiger partial charge in [0.1, 0.15) is 5.02 Å². The van der Waals surface area contributed by atoms with Crippen LogP contribution in [0.2, 0.25) is 5.02 Å². The molecule has 1 aromatic heterocycles. The molecule has 0 aliphatic carbocycles. The maximum absolute atomic E-state index is 6.15. The summed E-state index contributed by atoms with van der Waals surface area (Å²) in [5.74, 6) is 1.04. The Labute approximate surface area is 129 Å². The maximum Gasteiger partial charge on any atom is 0.229 e. The molecule has 8 heteroatoms. The van der Waals surface area contributed by atoms with E-state index < -0.39 is 0 Å². The molecule has 0 amide bonds. The van der Waals surface area contributed by atoms with Gasteiger partial charge in [-0.1, -0.05) is 11.6 Å². The molecule has 1 aromatic rings. The van der Waals surface area contributed by atoms with Crippen LogP contribution in [0.25, 0.3) is 0 Å². The van der Waals surface area contributed by atoms with Crippen molar-refractivity contribution in [1.29, 1.82) is 0 Å². The number of rotatable bonds is 5. The lowest BCUT2D eigenvalue weighted by atomic mass is 10.1. The van der Waals surface area contributed by atoms with E-state index in [1.807, 2.05) is 0 Å². The lowest BCUT2D eigenvalue weighted by Gasteiger charge is -2.24. The summed E-state index contributed by atoms with van der Waals surface area (Å²) in [6.07, 6.45) is 6.79. The normalized spacial score (nSPS) is 19.7.